The minimum Gasteiger partial charge on any atom is -0.355 e. The smallest absolute Gasteiger partial charge is 0.233 e. The first kappa shape index (κ1) is 20.2. The van der Waals surface area contributed by atoms with Gasteiger partial charge in [0.25, 0.3) is 0 Å². The van der Waals surface area contributed by atoms with Crippen molar-refractivity contribution in [1.82, 2.24) is 24.5 Å². The van der Waals surface area contributed by atoms with E-state index in [-0.39, 0.29) is 30.0 Å². The molecule has 2 aromatic heterocycles. The van der Waals surface area contributed by atoms with Gasteiger partial charge in [0, 0.05) is 56.8 Å². The van der Waals surface area contributed by atoms with E-state index in [4.69, 9.17) is 15.8 Å². The maximum absolute atomic E-state index is 13.4. The minimum atomic E-state index is -0.200. The first-order chi connectivity index (χ1) is 14.9. The second kappa shape index (κ2) is 7.78. The van der Waals surface area contributed by atoms with Crippen molar-refractivity contribution in [2.75, 3.05) is 31.6 Å². The van der Waals surface area contributed by atoms with Gasteiger partial charge in [0.1, 0.15) is 5.82 Å². The summed E-state index contributed by atoms with van der Waals surface area (Å²) in [6.45, 7) is 6.66. The van der Waals surface area contributed by atoms with Crippen LogP contribution in [0.25, 0.3) is 5.65 Å². The van der Waals surface area contributed by atoms with Crippen molar-refractivity contribution in [2.24, 2.45) is 16.8 Å². The first-order valence-electron chi connectivity index (χ1n) is 11.4. The van der Waals surface area contributed by atoms with E-state index >= 15 is 0 Å². The number of piperidine rings is 1. The Kier molecular flexibility index (Phi) is 5.08. The fraction of sp³-hybridized carbons (Fsp3) is 0.636. The number of anilines is 1. The largest absolute Gasteiger partial charge is 0.355 e. The van der Waals surface area contributed by atoms with Gasteiger partial charge in [-0.05, 0) is 39.5 Å². The number of fused-ring (bicyclic) bond motifs is 1. The van der Waals surface area contributed by atoms with E-state index in [1.54, 1.807) is 6.21 Å². The molecule has 5 heterocycles. The van der Waals surface area contributed by atoms with Crippen LogP contribution in [0.15, 0.2) is 17.4 Å². The van der Waals surface area contributed by atoms with E-state index in [1.807, 2.05) is 33.7 Å². The van der Waals surface area contributed by atoms with Crippen LogP contribution in [-0.4, -0.2) is 75.4 Å². The molecule has 9 heteroatoms. The molecule has 0 aromatic carbocycles. The third-order valence-electron chi connectivity index (χ3n) is 7.08. The molecule has 0 saturated carbocycles. The van der Waals surface area contributed by atoms with Crippen LogP contribution in [0.5, 0.6) is 0 Å². The maximum Gasteiger partial charge on any atom is 0.233 e. The predicted octanol–water partition coefficient (Wildman–Crippen LogP) is 1.56. The molecule has 9 nitrogen and oxygen atoms in total. The zero-order chi connectivity index (χ0) is 21.7. The van der Waals surface area contributed by atoms with Crippen LogP contribution < -0.4 is 10.6 Å². The van der Waals surface area contributed by atoms with Crippen molar-refractivity contribution >= 4 is 23.6 Å². The number of rotatable bonds is 3. The summed E-state index contributed by atoms with van der Waals surface area (Å²) in [5.74, 6) is 0.940. The van der Waals surface area contributed by atoms with Crippen molar-refractivity contribution in [2.45, 2.75) is 57.7 Å². The standard InChI is InChI=1S/C22H32N8O/c1-14-12-30-20(25-21(14)28-9-7-16(23)13-28)10-18(26-30)19-6-4-5-8-29(19)22(31)17-11-24-27(3)15(17)2/h10-12,15-17,19H,4-9,13,23H2,1-3H3/t15?,16-,17?,19-/m0/s1. The van der Waals surface area contributed by atoms with Crippen molar-refractivity contribution in [3.8, 4) is 0 Å². The average molecular weight is 425 g/mol. The molecule has 0 aliphatic carbocycles. The molecule has 166 valence electrons. The molecular formula is C22H32N8O. The SMILES string of the molecule is Cc1cn2nc([C@@H]3CCCCN3C(=O)C3C=NN(C)C3C)cc2nc1N1CC[C@H](N)C1. The number of carbonyl (C=O) groups is 1. The minimum absolute atomic E-state index is 0.0154. The number of hydrogen-bond donors (Lipinski definition) is 1. The highest BCUT2D eigenvalue weighted by atomic mass is 16.2. The number of carbonyl (C=O) groups excluding carboxylic acids is 1. The molecular weight excluding hydrogens is 392 g/mol. The molecule has 1 amide bonds. The predicted molar refractivity (Wildman–Crippen MR) is 120 cm³/mol. The Bertz CT molecular complexity index is 1020. The van der Waals surface area contributed by atoms with Gasteiger partial charge in [-0.3, -0.25) is 9.80 Å². The topological polar surface area (TPSA) is 95.4 Å². The number of nitrogens with two attached hydrogens (primary N) is 1. The Balaban J connectivity index is 1.44. The summed E-state index contributed by atoms with van der Waals surface area (Å²) < 4.78 is 1.86. The fourth-order valence-corrected chi connectivity index (χ4v) is 5.09. The van der Waals surface area contributed by atoms with Crippen molar-refractivity contribution < 1.29 is 4.79 Å². The lowest BCUT2D eigenvalue weighted by Gasteiger charge is -2.36. The van der Waals surface area contributed by atoms with Gasteiger partial charge in [0.2, 0.25) is 5.91 Å². The van der Waals surface area contributed by atoms with E-state index in [2.05, 4.69) is 23.8 Å². The van der Waals surface area contributed by atoms with Gasteiger partial charge in [-0.25, -0.2) is 9.50 Å². The normalized spacial score (nSPS) is 28.8. The fourth-order valence-electron chi connectivity index (χ4n) is 5.09. The molecule has 0 bridgehead atoms. The summed E-state index contributed by atoms with van der Waals surface area (Å²) in [6.07, 6.45) is 7.88. The number of nitrogens with zero attached hydrogens (tertiary/aromatic N) is 7. The summed E-state index contributed by atoms with van der Waals surface area (Å²) in [5.41, 5.74) is 8.94. The van der Waals surface area contributed by atoms with Crippen LogP contribution in [0.4, 0.5) is 5.82 Å². The van der Waals surface area contributed by atoms with Gasteiger partial charge in [-0.1, -0.05) is 0 Å². The lowest BCUT2D eigenvalue weighted by atomic mass is 9.95. The molecule has 0 radical (unpaired) electrons. The summed E-state index contributed by atoms with van der Waals surface area (Å²) in [4.78, 5) is 22.6. The third kappa shape index (κ3) is 3.54. The van der Waals surface area contributed by atoms with E-state index in [1.165, 1.54) is 0 Å². The highest BCUT2D eigenvalue weighted by Crippen LogP contribution is 2.33. The molecule has 2 unspecified atom stereocenters. The molecule has 0 spiro atoms. The summed E-state index contributed by atoms with van der Waals surface area (Å²) >= 11 is 0. The number of likely N-dealkylation sites (tertiary alicyclic amines) is 1. The number of aryl methyl sites for hydroxylation is 1. The van der Waals surface area contributed by atoms with Crippen LogP contribution in [0.3, 0.4) is 0 Å². The van der Waals surface area contributed by atoms with Gasteiger partial charge in [-0.2, -0.15) is 10.2 Å². The van der Waals surface area contributed by atoms with E-state index in [0.29, 0.717) is 0 Å². The van der Waals surface area contributed by atoms with Crippen LogP contribution >= 0.6 is 0 Å². The van der Waals surface area contributed by atoms with Crippen LogP contribution in [-0.2, 0) is 4.79 Å². The average Bonchev–Trinajstić information content (AvgIpc) is 3.46. The monoisotopic (exact) mass is 424 g/mol. The van der Waals surface area contributed by atoms with E-state index in [0.717, 1.165) is 68.0 Å². The van der Waals surface area contributed by atoms with Gasteiger partial charge in [0.15, 0.2) is 5.65 Å². The quantitative estimate of drug-likeness (QED) is 0.804. The number of amides is 1. The zero-order valence-electron chi connectivity index (χ0n) is 18.6. The third-order valence-corrected chi connectivity index (χ3v) is 7.08. The zero-order valence-corrected chi connectivity index (χ0v) is 18.6. The molecule has 4 atom stereocenters. The number of hydrazone groups is 1. The highest BCUT2D eigenvalue weighted by Gasteiger charge is 2.38. The molecule has 31 heavy (non-hydrogen) atoms. The second-order valence-corrected chi connectivity index (χ2v) is 9.26. The van der Waals surface area contributed by atoms with Gasteiger partial charge in [0.05, 0.1) is 23.7 Å². The van der Waals surface area contributed by atoms with Gasteiger partial charge < -0.3 is 15.5 Å². The molecule has 3 aliphatic rings. The molecule has 2 fully saturated rings. The Morgan fingerprint density at radius 1 is 1.23 bits per heavy atom. The molecule has 2 aromatic rings. The number of hydrogen-bond acceptors (Lipinski definition) is 7. The molecule has 2 N–H and O–H groups in total. The number of aromatic nitrogens is 3. The summed E-state index contributed by atoms with van der Waals surface area (Å²) in [7, 11) is 1.92. The van der Waals surface area contributed by atoms with Crippen molar-refractivity contribution in [3.05, 3.63) is 23.5 Å². The Morgan fingerprint density at radius 2 is 2.06 bits per heavy atom. The van der Waals surface area contributed by atoms with Gasteiger partial charge in [-0.15, -0.1) is 0 Å². The molecule has 5 rings (SSSR count). The van der Waals surface area contributed by atoms with Crippen molar-refractivity contribution in [3.63, 3.8) is 0 Å². The van der Waals surface area contributed by atoms with Crippen LogP contribution in [0.2, 0.25) is 0 Å². The lowest BCUT2D eigenvalue weighted by molar-refractivity contribution is -0.138. The van der Waals surface area contributed by atoms with Gasteiger partial charge >= 0.3 is 0 Å². The maximum atomic E-state index is 13.4. The van der Waals surface area contributed by atoms with Crippen LogP contribution in [0.1, 0.15) is 49.9 Å². The Hall–Kier alpha value is -2.68. The van der Waals surface area contributed by atoms with E-state index < -0.39 is 0 Å². The summed E-state index contributed by atoms with van der Waals surface area (Å²) in [5, 5.41) is 11.0. The highest BCUT2D eigenvalue weighted by molar-refractivity contribution is 5.95. The lowest BCUT2D eigenvalue weighted by Crippen LogP contribution is -2.45. The second-order valence-electron chi connectivity index (χ2n) is 9.26. The molecule has 2 saturated heterocycles. The summed E-state index contributed by atoms with van der Waals surface area (Å²) in [6, 6.07) is 2.32. The van der Waals surface area contributed by atoms with Crippen LogP contribution in [0, 0.1) is 12.8 Å². The van der Waals surface area contributed by atoms with E-state index in [9.17, 15) is 4.79 Å². The first-order valence-corrected chi connectivity index (χ1v) is 11.4. The Morgan fingerprint density at radius 3 is 2.77 bits per heavy atom. The molecule has 3 aliphatic heterocycles. The Labute approximate surface area is 182 Å². The van der Waals surface area contributed by atoms with Crippen molar-refractivity contribution in [1.29, 1.82) is 0 Å².